The number of carbonyl (C=O) groups excluding carboxylic acids is 1. The second-order valence-corrected chi connectivity index (χ2v) is 7.79. The molecule has 1 atom stereocenters. The first kappa shape index (κ1) is 21.6. The Labute approximate surface area is 179 Å². The molecule has 7 heteroatoms. The third kappa shape index (κ3) is 5.97. The van der Waals surface area contributed by atoms with Crippen LogP contribution in [0.3, 0.4) is 0 Å². The summed E-state index contributed by atoms with van der Waals surface area (Å²) in [5.74, 6) is 0.934. The van der Waals surface area contributed by atoms with Gasteiger partial charge < -0.3 is 9.47 Å². The lowest BCUT2D eigenvalue weighted by Crippen LogP contribution is -2.11. The zero-order chi connectivity index (χ0) is 21.3. The molecule has 2 aromatic rings. The number of nitro benzene ring substituents is 1. The molecule has 3 rings (SSSR count). The maximum atomic E-state index is 11.3. The predicted molar refractivity (Wildman–Crippen MR) is 118 cm³/mol. The van der Waals surface area contributed by atoms with Crippen LogP contribution in [0.5, 0.6) is 5.75 Å². The van der Waals surface area contributed by atoms with Crippen molar-refractivity contribution in [2.75, 3.05) is 19.5 Å². The quantitative estimate of drug-likeness (QED) is 0.318. The van der Waals surface area contributed by atoms with Crippen LogP contribution in [0.25, 0.3) is 5.57 Å². The lowest BCUT2D eigenvalue weighted by atomic mass is 9.93. The second-order valence-electron chi connectivity index (χ2n) is 6.81. The third-order valence-corrected chi connectivity index (χ3v) is 5.67. The number of carbonyl (C=O) groups is 1. The molecule has 2 aromatic carbocycles. The highest BCUT2D eigenvalue weighted by Crippen LogP contribution is 2.29. The fourth-order valence-corrected chi connectivity index (χ4v) is 3.92. The molecule has 1 aliphatic rings. The normalized spacial score (nSPS) is 15.4. The van der Waals surface area contributed by atoms with Gasteiger partial charge in [-0.05, 0) is 29.7 Å². The van der Waals surface area contributed by atoms with Gasteiger partial charge in [0.15, 0.2) is 0 Å². The van der Waals surface area contributed by atoms with Gasteiger partial charge >= 0.3 is 5.97 Å². The molecular formula is C23H23NO5S. The number of hydrogen-bond donors (Lipinski definition) is 0. The van der Waals surface area contributed by atoms with E-state index in [1.165, 1.54) is 36.1 Å². The molecule has 1 aliphatic carbocycles. The Morgan fingerprint density at radius 1 is 1.23 bits per heavy atom. The first-order valence-corrected chi connectivity index (χ1v) is 10.7. The molecule has 0 bridgehead atoms. The van der Waals surface area contributed by atoms with Crippen LogP contribution < -0.4 is 4.74 Å². The van der Waals surface area contributed by atoms with Crippen molar-refractivity contribution in [3.63, 3.8) is 0 Å². The maximum Gasteiger partial charge on any atom is 0.315 e. The standard InChI is InChI=1S/C23H23NO5S/c1-28-23(25)16-30-15-20-13-21(11-12-22(20)24(26)27)29-14-17-7-9-19(10-8-17)18-5-3-2-4-6-18/h2-7,9-13,17H,8,14-16H2,1H3. The molecule has 0 saturated heterocycles. The highest BCUT2D eigenvalue weighted by Gasteiger charge is 2.17. The van der Waals surface area contributed by atoms with Gasteiger partial charge in [-0.25, -0.2) is 0 Å². The van der Waals surface area contributed by atoms with Crippen molar-refractivity contribution in [3.05, 3.63) is 88.0 Å². The highest BCUT2D eigenvalue weighted by atomic mass is 32.2. The van der Waals surface area contributed by atoms with E-state index in [4.69, 9.17) is 4.74 Å². The van der Waals surface area contributed by atoms with Gasteiger partial charge in [-0.15, -0.1) is 11.8 Å². The average molecular weight is 426 g/mol. The summed E-state index contributed by atoms with van der Waals surface area (Å²) in [7, 11) is 1.32. The van der Waals surface area contributed by atoms with Crippen molar-refractivity contribution in [2.45, 2.75) is 12.2 Å². The monoisotopic (exact) mass is 425 g/mol. The van der Waals surface area contributed by atoms with Crippen LogP contribution in [0.15, 0.2) is 66.8 Å². The van der Waals surface area contributed by atoms with Crippen molar-refractivity contribution >= 4 is 29.0 Å². The fraction of sp³-hybridized carbons (Fsp3) is 0.261. The highest BCUT2D eigenvalue weighted by molar-refractivity contribution is 7.99. The van der Waals surface area contributed by atoms with Gasteiger partial charge in [0.05, 0.1) is 24.4 Å². The van der Waals surface area contributed by atoms with Gasteiger partial charge in [0.25, 0.3) is 5.69 Å². The lowest BCUT2D eigenvalue weighted by Gasteiger charge is -2.17. The third-order valence-electron chi connectivity index (χ3n) is 4.71. The number of ether oxygens (including phenoxy) is 2. The van der Waals surface area contributed by atoms with Crippen molar-refractivity contribution in [1.82, 2.24) is 0 Å². The molecule has 0 fully saturated rings. The Morgan fingerprint density at radius 2 is 2.03 bits per heavy atom. The van der Waals surface area contributed by atoms with Gasteiger partial charge in [-0.1, -0.05) is 48.6 Å². The van der Waals surface area contributed by atoms with Crippen LogP contribution in [0, 0.1) is 16.0 Å². The molecule has 0 amide bonds. The van der Waals surface area contributed by atoms with Crippen molar-refractivity contribution < 1.29 is 19.2 Å². The Morgan fingerprint density at radius 3 is 2.70 bits per heavy atom. The number of rotatable bonds is 9. The molecule has 30 heavy (non-hydrogen) atoms. The Hall–Kier alpha value is -3.06. The molecule has 0 saturated carbocycles. The van der Waals surface area contributed by atoms with Crippen LogP contribution in [0.2, 0.25) is 0 Å². The largest absolute Gasteiger partial charge is 0.493 e. The lowest BCUT2D eigenvalue weighted by molar-refractivity contribution is -0.385. The summed E-state index contributed by atoms with van der Waals surface area (Å²) < 4.78 is 10.5. The molecule has 0 aromatic heterocycles. The summed E-state index contributed by atoms with van der Waals surface area (Å²) >= 11 is 1.27. The fourth-order valence-electron chi connectivity index (χ4n) is 3.08. The summed E-state index contributed by atoms with van der Waals surface area (Å²) in [6, 6.07) is 15.0. The Balaban J connectivity index is 1.58. The molecule has 1 unspecified atom stereocenters. The number of nitro groups is 1. The number of esters is 1. The van der Waals surface area contributed by atoms with Gasteiger partial charge in [-0.3, -0.25) is 14.9 Å². The van der Waals surface area contributed by atoms with Crippen LogP contribution in [0.1, 0.15) is 17.5 Å². The maximum absolute atomic E-state index is 11.3. The Bertz CT molecular complexity index is 955. The van der Waals surface area contributed by atoms with Crippen LogP contribution in [-0.4, -0.2) is 30.4 Å². The summed E-state index contributed by atoms with van der Waals surface area (Å²) in [4.78, 5) is 22.1. The van der Waals surface area contributed by atoms with E-state index in [-0.39, 0.29) is 23.3 Å². The van der Waals surface area contributed by atoms with E-state index in [2.05, 4.69) is 35.1 Å². The first-order valence-electron chi connectivity index (χ1n) is 9.55. The molecule has 0 heterocycles. The van der Waals surface area contributed by atoms with Gasteiger partial charge in [-0.2, -0.15) is 0 Å². The number of thioether (sulfide) groups is 1. The molecule has 0 radical (unpaired) electrons. The number of methoxy groups -OCH3 is 1. The average Bonchev–Trinajstić information content (AvgIpc) is 2.78. The molecule has 0 aliphatic heterocycles. The van der Waals surface area contributed by atoms with Gasteiger partial charge in [0.1, 0.15) is 5.75 Å². The second kappa shape index (κ2) is 10.6. The van der Waals surface area contributed by atoms with Crippen LogP contribution >= 0.6 is 11.8 Å². The summed E-state index contributed by atoms with van der Waals surface area (Å²) in [5.41, 5.74) is 2.94. The molecular weight excluding hydrogens is 402 g/mol. The van der Waals surface area contributed by atoms with E-state index >= 15 is 0 Å². The zero-order valence-electron chi connectivity index (χ0n) is 16.7. The van der Waals surface area contributed by atoms with Crippen LogP contribution in [0.4, 0.5) is 5.69 Å². The minimum atomic E-state index is -0.419. The predicted octanol–water partition coefficient (Wildman–Crippen LogP) is 5.04. The zero-order valence-corrected chi connectivity index (χ0v) is 17.5. The topological polar surface area (TPSA) is 78.7 Å². The first-order chi connectivity index (χ1) is 14.6. The van der Waals surface area contributed by atoms with E-state index in [0.717, 1.165) is 6.42 Å². The molecule has 0 spiro atoms. The summed E-state index contributed by atoms with van der Waals surface area (Å²) in [6.45, 7) is 0.488. The summed E-state index contributed by atoms with van der Waals surface area (Å²) in [6.07, 6.45) is 7.32. The molecule has 156 valence electrons. The van der Waals surface area contributed by atoms with E-state index < -0.39 is 4.92 Å². The van der Waals surface area contributed by atoms with Crippen LogP contribution in [-0.2, 0) is 15.3 Å². The minimum absolute atomic E-state index is 0.0210. The van der Waals surface area contributed by atoms with E-state index in [1.54, 1.807) is 12.1 Å². The number of benzene rings is 2. The van der Waals surface area contributed by atoms with E-state index in [0.29, 0.717) is 23.7 Å². The van der Waals surface area contributed by atoms with Crippen molar-refractivity contribution in [1.29, 1.82) is 0 Å². The molecule has 0 N–H and O–H groups in total. The van der Waals surface area contributed by atoms with Gasteiger partial charge in [0.2, 0.25) is 0 Å². The molecule has 6 nitrogen and oxygen atoms in total. The summed E-state index contributed by atoms with van der Waals surface area (Å²) in [5, 5.41) is 11.3. The number of nitrogens with zero attached hydrogens (tertiary/aromatic N) is 1. The van der Waals surface area contributed by atoms with Crippen molar-refractivity contribution in [2.24, 2.45) is 5.92 Å². The van der Waals surface area contributed by atoms with E-state index in [1.807, 2.05) is 18.2 Å². The Kier molecular flexibility index (Phi) is 7.68. The van der Waals surface area contributed by atoms with Crippen molar-refractivity contribution in [3.8, 4) is 5.75 Å². The number of allylic oxidation sites excluding steroid dienone is 3. The van der Waals surface area contributed by atoms with Gasteiger partial charge in [0, 0.05) is 23.3 Å². The smallest absolute Gasteiger partial charge is 0.315 e. The SMILES string of the molecule is COC(=O)CSCc1cc(OCC2C=CC(c3ccccc3)=CC2)ccc1[N+](=O)[O-]. The van der Waals surface area contributed by atoms with E-state index in [9.17, 15) is 14.9 Å². The minimum Gasteiger partial charge on any atom is -0.493 e. The number of hydrogen-bond acceptors (Lipinski definition) is 6.